The molecule has 104 valence electrons. The molecule has 0 heterocycles. The van der Waals surface area contributed by atoms with Gasteiger partial charge >= 0.3 is 6.03 Å². The zero-order valence-electron chi connectivity index (χ0n) is 11.6. The third-order valence-corrected chi connectivity index (χ3v) is 3.81. The predicted molar refractivity (Wildman–Crippen MR) is 73.4 cm³/mol. The maximum Gasteiger partial charge on any atom is 0.317 e. The summed E-state index contributed by atoms with van der Waals surface area (Å²) in [5.74, 6) is 0. The topological polar surface area (TPSA) is 52.6 Å². The third-order valence-electron chi connectivity index (χ3n) is 3.81. The van der Waals surface area contributed by atoms with Crippen LogP contribution in [0.15, 0.2) is 12.7 Å². The highest BCUT2D eigenvalue weighted by atomic mass is 16.3. The summed E-state index contributed by atoms with van der Waals surface area (Å²) in [5, 5.41) is 12.1. The Morgan fingerprint density at radius 3 is 2.83 bits per heavy atom. The second-order valence-corrected chi connectivity index (χ2v) is 5.69. The molecule has 4 heteroatoms. The van der Waals surface area contributed by atoms with Crippen LogP contribution in [0.5, 0.6) is 0 Å². The molecule has 1 aliphatic rings. The number of nitrogens with one attached hydrogen (secondary N) is 1. The van der Waals surface area contributed by atoms with Gasteiger partial charge in [0.25, 0.3) is 0 Å². The van der Waals surface area contributed by atoms with Crippen LogP contribution in [0, 0.1) is 5.41 Å². The van der Waals surface area contributed by atoms with E-state index in [9.17, 15) is 4.79 Å². The van der Waals surface area contributed by atoms with Gasteiger partial charge in [0.05, 0.1) is 6.61 Å². The van der Waals surface area contributed by atoms with Gasteiger partial charge in [-0.1, -0.05) is 32.8 Å². The highest BCUT2D eigenvalue weighted by Crippen LogP contribution is 2.35. The van der Waals surface area contributed by atoms with Gasteiger partial charge in [-0.25, -0.2) is 4.79 Å². The van der Waals surface area contributed by atoms with Crippen molar-refractivity contribution in [2.75, 3.05) is 19.7 Å². The lowest BCUT2D eigenvalue weighted by atomic mass is 9.73. The minimum absolute atomic E-state index is 0.0185. The summed E-state index contributed by atoms with van der Waals surface area (Å²) in [6.07, 6.45) is 6.29. The number of nitrogens with zero attached hydrogens (tertiary/aromatic N) is 1. The van der Waals surface area contributed by atoms with Crippen molar-refractivity contribution in [1.82, 2.24) is 10.2 Å². The number of carbonyl (C=O) groups excluding carboxylic acids is 1. The molecule has 1 aliphatic carbocycles. The molecule has 0 aliphatic heterocycles. The van der Waals surface area contributed by atoms with Gasteiger partial charge in [0.1, 0.15) is 0 Å². The van der Waals surface area contributed by atoms with Gasteiger partial charge in [-0.05, 0) is 18.3 Å². The van der Waals surface area contributed by atoms with Crippen molar-refractivity contribution in [3.63, 3.8) is 0 Å². The van der Waals surface area contributed by atoms with Crippen LogP contribution in [0.1, 0.15) is 39.5 Å². The van der Waals surface area contributed by atoms with Crippen molar-refractivity contribution in [2.45, 2.75) is 45.6 Å². The van der Waals surface area contributed by atoms with E-state index in [4.69, 9.17) is 5.11 Å². The largest absolute Gasteiger partial charge is 0.395 e. The molecule has 1 rings (SSSR count). The van der Waals surface area contributed by atoms with Crippen LogP contribution in [-0.4, -0.2) is 41.8 Å². The Bertz CT molecular complexity index is 290. The van der Waals surface area contributed by atoms with E-state index < -0.39 is 0 Å². The lowest BCUT2D eigenvalue weighted by molar-refractivity contribution is 0.144. The molecule has 0 bridgehead atoms. The Morgan fingerprint density at radius 2 is 2.28 bits per heavy atom. The van der Waals surface area contributed by atoms with E-state index in [-0.39, 0.29) is 24.1 Å². The summed E-state index contributed by atoms with van der Waals surface area (Å²) in [6, 6.07) is 0.133. The van der Waals surface area contributed by atoms with E-state index in [1.54, 1.807) is 11.0 Å². The second kappa shape index (κ2) is 6.78. The molecule has 0 saturated heterocycles. The third kappa shape index (κ3) is 4.02. The Morgan fingerprint density at radius 1 is 1.56 bits per heavy atom. The molecule has 0 aromatic heterocycles. The van der Waals surface area contributed by atoms with Gasteiger partial charge < -0.3 is 15.3 Å². The molecule has 4 nitrogen and oxygen atoms in total. The number of urea groups is 1. The molecule has 1 unspecified atom stereocenters. The highest BCUT2D eigenvalue weighted by Gasteiger charge is 2.33. The number of rotatable bonds is 5. The lowest BCUT2D eigenvalue weighted by Gasteiger charge is -2.40. The highest BCUT2D eigenvalue weighted by molar-refractivity contribution is 5.74. The number of amides is 2. The fourth-order valence-electron chi connectivity index (χ4n) is 2.55. The number of hydrogen-bond donors (Lipinski definition) is 2. The number of aliphatic hydroxyl groups excluding tert-OH is 1. The summed E-state index contributed by atoms with van der Waals surface area (Å²) in [4.78, 5) is 13.7. The van der Waals surface area contributed by atoms with E-state index >= 15 is 0 Å². The van der Waals surface area contributed by atoms with Crippen LogP contribution in [0.4, 0.5) is 4.79 Å². The predicted octanol–water partition coefficient (Wildman–Crippen LogP) is 2.15. The molecule has 0 aromatic rings. The maximum atomic E-state index is 12.1. The first-order chi connectivity index (χ1) is 8.51. The maximum absolute atomic E-state index is 12.1. The van der Waals surface area contributed by atoms with Crippen molar-refractivity contribution in [3.8, 4) is 0 Å². The molecule has 0 aromatic carbocycles. The molecule has 2 amide bonds. The van der Waals surface area contributed by atoms with Crippen LogP contribution < -0.4 is 5.32 Å². The van der Waals surface area contributed by atoms with Gasteiger partial charge in [-0.2, -0.15) is 0 Å². The average molecular weight is 254 g/mol. The van der Waals surface area contributed by atoms with Crippen molar-refractivity contribution in [2.24, 2.45) is 5.41 Å². The van der Waals surface area contributed by atoms with Crippen LogP contribution in [0.2, 0.25) is 0 Å². The molecular weight excluding hydrogens is 228 g/mol. The second-order valence-electron chi connectivity index (χ2n) is 5.69. The zero-order valence-corrected chi connectivity index (χ0v) is 11.6. The van der Waals surface area contributed by atoms with Gasteiger partial charge in [0, 0.05) is 19.1 Å². The molecule has 1 saturated carbocycles. The Hall–Kier alpha value is -1.03. The quantitative estimate of drug-likeness (QED) is 0.739. The van der Waals surface area contributed by atoms with Crippen LogP contribution >= 0.6 is 0 Å². The summed E-state index contributed by atoms with van der Waals surface area (Å²) in [5.41, 5.74) is 0.160. The standard InChI is InChI=1S/C14H26N2O2/c1-4-9-16(10-11-17)13(18)15-12-7-5-6-8-14(12,2)3/h4,12,17H,1,5-11H2,2-3H3,(H,15,18). The van der Waals surface area contributed by atoms with Gasteiger partial charge in [-0.15, -0.1) is 6.58 Å². The van der Waals surface area contributed by atoms with Crippen molar-refractivity contribution in [3.05, 3.63) is 12.7 Å². The smallest absolute Gasteiger partial charge is 0.317 e. The zero-order chi connectivity index (χ0) is 13.6. The summed E-state index contributed by atoms with van der Waals surface area (Å²) < 4.78 is 0. The molecular formula is C14H26N2O2. The first-order valence-electron chi connectivity index (χ1n) is 6.78. The first-order valence-corrected chi connectivity index (χ1v) is 6.78. The molecule has 0 spiro atoms. The first kappa shape index (κ1) is 15.0. The number of carbonyl (C=O) groups is 1. The van der Waals surface area contributed by atoms with Gasteiger partial charge in [-0.3, -0.25) is 0 Å². The normalized spacial score (nSPS) is 22.3. The summed E-state index contributed by atoms with van der Waals surface area (Å²) in [6.45, 7) is 8.86. The fourth-order valence-corrected chi connectivity index (χ4v) is 2.55. The van der Waals surface area contributed by atoms with E-state index in [1.807, 2.05) is 0 Å². The molecule has 1 fully saturated rings. The van der Waals surface area contributed by atoms with Crippen LogP contribution in [-0.2, 0) is 0 Å². The van der Waals surface area contributed by atoms with Crippen LogP contribution in [0.25, 0.3) is 0 Å². The van der Waals surface area contributed by atoms with Crippen LogP contribution in [0.3, 0.4) is 0 Å². The average Bonchev–Trinajstić information content (AvgIpc) is 2.31. The molecule has 2 N–H and O–H groups in total. The van der Waals surface area contributed by atoms with E-state index in [1.165, 1.54) is 12.8 Å². The number of hydrogen-bond acceptors (Lipinski definition) is 2. The van der Waals surface area contributed by atoms with E-state index in [2.05, 4.69) is 25.7 Å². The lowest BCUT2D eigenvalue weighted by Crippen LogP contribution is -2.52. The van der Waals surface area contributed by atoms with Crippen molar-refractivity contribution >= 4 is 6.03 Å². The Kier molecular flexibility index (Phi) is 5.66. The summed E-state index contributed by atoms with van der Waals surface area (Å²) in [7, 11) is 0. The monoisotopic (exact) mass is 254 g/mol. The Labute approximate surface area is 110 Å². The molecule has 0 radical (unpaired) electrons. The molecule has 1 atom stereocenters. The minimum Gasteiger partial charge on any atom is -0.395 e. The molecule has 18 heavy (non-hydrogen) atoms. The number of aliphatic hydroxyl groups is 1. The summed E-state index contributed by atoms with van der Waals surface area (Å²) >= 11 is 0. The van der Waals surface area contributed by atoms with Gasteiger partial charge in [0.2, 0.25) is 0 Å². The SMILES string of the molecule is C=CCN(CCO)C(=O)NC1CCCCC1(C)C. The van der Waals surface area contributed by atoms with Crippen molar-refractivity contribution in [1.29, 1.82) is 0 Å². The van der Waals surface area contributed by atoms with Gasteiger partial charge in [0.15, 0.2) is 0 Å². The minimum atomic E-state index is -0.0936. The Balaban J connectivity index is 2.58. The van der Waals surface area contributed by atoms with Crippen molar-refractivity contribution < 1.29 is 9.90 Å². The fraction of sp³-hybridized carbons (Fsp3) is 0.786. The van der Waals surface area contributed by atoms with E-state index in [0.29, 0.717) is 13.1 Å². The van der Waals surface area contributed by atoms with E-state index in [0.717, 1.165) is 12.8 Å².